The molecule has 0 radical (unpaired) electrons. The van der Waals surface area contributed by atoms with Crippen LogP contribution in [0, 0.1) is 6.92 Å². The summed E-state index contributed by atoms with van der Waals surface area (Å²) in [5.74, 6) is 0. The first-order valence-electron chi connectivity index (χ1n) is 9.26. The largest absolute Gasteiger partial charge is 0.382 e. The Labute approximate surface area is 154 Å². The van der Waals surface area contributed by atoms with Gasteiger partial charge in [-0.25, -0.2) is 0 Å². The molecular formula is C22H25N3O. The third kappa shape index (κ3) is 4.03. The molecule has 1 fully saturated rings. The molecule has 2 heterocycles. The lowest BCUT2D eigenvalue weighted by Gasteiger charge is -2.33. The minimum absolute atomic E-state index is 0.194. The van der Waals surface area contributed by atoms with Gasteiger partial charge < -0.3 is 10.1 Å². The molecule has 134 valence electrons. The number of benzene rings is 2. The SMILES string of the molecule is Cc1cc(NC[C@@H]2CN(Cc3ccccc3)CCO2)c2ccccc2n1. The maximum absolute atomic E-state index is 5.99. The summed E-state index contributed by atoms with van der Waals surface area (Å²) < 4.78 is 5.99. The van der Waals surface area contributed by atoms with Crippen molar-refractivity contribution in [2.24, 2.45) is 0 Å². The van der Waals surface area contributed by atoms with E-state index in [9.17, 15) is 0 Å². The van der Waals surface area contributed by atoms with Crippen LogP contribution in [0.1, 0.15) is 11.3 Å². The van der Waals surface area contributed by atoms with E-state index in [1.807, 2.05) is 13.0 Å². The van der Waals surface area contributed by atoms with E-state index >= 15 is 0 Å². The van der Waals surface area contributed by atoms with Crippen LogP contribution in [0.2, 0.25) is 0 Å². The third-order valence-electron chi connectivity index (χ3n) is 4.84. The van der Waals surface area contributed by atoms with Gasteiger partial charge in [-0.3, -0.25) is 9.88 Å². The number of pyridine rings is 1. The predicted octanol–water partition coefficient (Wildman–Crippen LogP) is 3.86. The van der Waals surface area contributed by atoms with Gasteiger partial charge in [0.1, 0.15) is 0 Å². The normalized spacial score (nSPS) is 18.1. The number of ether oxygens (including phenoxy) is 1. The average Bonchev–Trinajstić information content (AvgIpc) is 2.67. The number of morpholine rings is 1. The first-order valence-corrected chi connectivity index (χ1v) is 9.26. The molecule has 4 nitrogen and oxygen atoms in total. The molecule has 2 aromatic carbocycles. The van der Waals surface area contributed by atoms with Crippen LogP contribution < -0.4 is 5.32 Å². The summed E-state index contributed by atoms with van der Waals surface area (Å²) >= 11 is 0. The number of nitrogens with zero attached hydrogens (tertiary/aromatic N) is 2. The lowest BCUT2D eigenvalue weighted by Crippen LogP contribution is -2.44. The Morgan fingerprint density at radius 3 is 2.81 bits per heavy atom. The van der Waals surface area contributed by atoms with Gasteiger partial charge in [-0.05, 0) is 24.6 Å². The lowest BCUT2D eigenvalue weighted by molar-refractivity contribution is -0.0240. The van der Waals surface area contributed by atoms with Crippen LogP contribution in [0.15, 0.2) is 60.7 Å². The summed E-state index contributed by atoms with van der Waals surface area (Å²) in [7, 11) is 0. The topological polar surface area (TPSA) is 37.4 Å². The minimum atomic E-state index is 0.194. The highest BCUT2D eigenvalue weighted by Crippen LogP contribution is 2.23. The molecular weight excluding hydrogens is 322 g/mol. The molecule has 3 aromatic rings. The fourth-order valence-corrected chi connectivity index (χ4v) is 3.57. The van der Waals surface area contributed by atoms with Crippen molar-refractivity contribution in [1.82, 2.24) is 9.88 Å². The standard InChI is InChI=1S/C22H25N3O/c1-17-13-22(20-9-5-6-10-21(20)24-17)23-14-19-16-25(11-12-26-19)15-18-7-3-2-4-8-18/h2-10,13,19H,11-12,14-16H2,1H3,(H,23,24)/t19-/m1/s1. The van der Waals surface area contributed by atoms with Crippen molar-refractivity contribution in [2.75, 3.05) is 31.6 Å². The van der Waals surface area contributed by atoms with E-state index in [4.69, 9.17) is 4.74 Å². The summed E-state index contributed by atoms with van der Waals surface area (Å²) in [4.78, 5) is 7.08. The minimum Gasteiger partial charge on any atom is -0.382 e. The molecule has 0 bridgehead atoms. The number of nitrogens with one attached hydrogen (secondary N) is 1. The fourth-order valence-electron chi connectivity index (χ4n) is 3.57. The Morgan fingerprint density at radius 2 is 1.92 bits per heavy atom. The predicted molar refractivity (Wildman–Crippen MR) is 106 cm³/mol. The van der Waals surface area contributed by atoms with Crippen molar-refractivity contribution in [2.45, 2.75) is 19.6 Å². The van der Waals surface area contributed by atoms with Crippen LogP contribution in [-0.2, 0) is 11.3 Å². The summed E-state index contributed by atoms with van der Waals surface area (Å²) in [5, 5.41) is 4.75. The van der Waals surface area contributed by atoms with Gasteiger partial charge in [0.15, 0.2) is 0 Å². The molecule has 0 aliphatic carbocycles. The molecule has 1 aromatic heterocycles. The number of anilines is 1. The third-order valence-corrected chi connectivity index (χ3v) is 4.84. The highest BCUT2D eigenvalue weighted by Gasteiger charge is 2.20. The smallest absolute Gasteiger partial charge is 0.0874 e. The number of aryl methyl sites for hydroxylation is 1. The van der Waals surface area contributed by atoms with Crippen molar-refractivity contribution in [3.8, 4) is 0 Å². The van der Waals surface area contributed by atoms with Crippen molar-refractivity contribution in [3.63, 3.8) is 0 Å². The first-order chi connectivity index (χ1) is 12.8. The second-order valence-electron chi connectivity index (χ2n) is 6.92. The summed E-state index contributed by atoms with van der Waals surface area (Å²) in [6.45, 7) is 6.55. The van der Waals surface area contributed by atoms with Crippen molar-refractivity contribution in [3.05, 3.63) is 71.9 Å². The number of hydrogen-bond donors (Lipinski definition) is 1. The van der Waals surface area contributed by atoms with E-state index < -0.39 is 0 Å². The van der Waals surface area contributed by atoms with Crippen LogP contribution in [0.5, 0.6) is 0 Å². The second kappa shape index (κ2) is 7.85. The van der Waals surface area contributed by atoms with E-state index in [0.717, 1.165) is 55.1 Å². The zero-order chi connectivity index (χ0) is 17.8. The Bertz CT molecular complexity index is 866. The van der Waals surface area contributed by atoms with Crippen molar-refractivity contribution < 1.29 is 4.74 Å². The fraction of sp³-hybridized carbons (Fsp3) is 0.318. The molecule has 0 saturated carbocycles. The number of fused-ring (bicyclic) bond motifs is 1. The van der Waals surface area contributed by atoms with Crippen LogP contribution >= 0.6 is 0 Å². The molecule has 4 heteroatoms. The molecule has 4 rings (SSSR count). The zero-order valence-corrected chi connectivity index (χ0v) is 15.2. The van der Waals surface area contributed by atoms with Gasteiger partial charge in [0, 0.05) is 42.9 Å². The maximum Gasteiger partial charge on any atom is 0.0874 e. The molecule has 1 atom stereocenters. The molecule has 0 unspecified atom stereocenters. The van der Waals surface area contributed by atoms with Gasteiger partial charge in [-0.15, -0.1) is 0 Å². The summed E-state index contributed by atoms with van der Waals surface area (Å²) in [6, 6.07) is 21.0. The van der Waals surface area contributed by atoms with E-state index in [-0.39, 0.29) is 6.10 Å². The second-order valence-corrected chi connectivity index (χ2v) is 6.92. The first kappa shape index (κ1) is 17.0. The molecule has 1 N–H and O–H groups in total. The van der Waals surface area contributed by atoms with E-state index in [2.05, 4.69) is 69.8 Å². The van der Waals surface area contributed by atoms with Gasteiger partial charge in [0.2, 0.25) is 0 Å². The Hall–Kier alpha value is -2.43. The highest BCUT2D eigenvalue weighted by molar-refractivity contribution is 5.91. The Balaban J connectivity index is 1.40. The van der Waals surface area contributed by atoms with Gasteiger partial charge >= 0.3 is 0 Å². The Kier molecular flexibility index (Phi) is 5.14. The van der Waals surface area contributed by atoms with E-state index in [0.29, 0.717) is 0 Å². The molecule has 1 aliphatic heterocycles. The molecule has 0 spiro atoms. The highest BCUT2D eigenvalue weighted by atomic mass is 16.5. The number of aromatic nitrogens is 1. The quantitative estimate of drug-likeness (QED) is 0.761. The Morgan fingerprint density at radius 1 is 1.12 bits per heavy atom. The molecule has 1 saturated heterocycles. The van der Waals surface area contributed by atoms with E-state index in [1.165, 1.54) is 5.56 Å². The monoisotopic (exact) mass is 347 g/mol. The van der Waals surface area contributed by atoms with Gasteiger partial charge in [-0.2, -0.15) is 0 Å². The number of para-hydroxylation sites is 1. The summed E-state index contributed by atoms with van der Waals surface area (Å²) in [5.41, 5.74) is 4.56. The van der Waals surface area contributed by atoms with Crippen LogP contribution in [0.25, 0.3) is 10.9 Å². The lowest BCUT2D eigenvalue weighted by atomic mass is 10.1. The van der Waals surface area contributed by atoms with Crippen molar-refractivity contribution >= 4 is 16.6 Å². The van der Waals surface area contributed by atoms with Crippen LogP contribution in [0.4, 0.5) is 5.69 Å². The average molecular weight is 347 g/mol. The number of rotatable bonds is 5. The van der Waals surface area contributed by atoms with Crippen molar-refractivity contribution in [1.29, 1.82) is 0 Å². The van der Waals surface area contributed by atoms with E-state index in [1.54, 1.807) is 0 Å². The van der Waals surface area contributed by atoms with Crippen LogP contribution in [-0.4, -0.2) is 42.2 Å². The summed E-state index contributed by atoms with van der Waals surface area (Å²) in [6.07, 6.45) is 0.194. The molecule has 26 heavy (non-hydrogen) atoms. The molecule has 0 amide bonds. The zero-order valence-electron chi connectivity index (χ0n) is 15.2. The molecule has 1 aliphatic rings. The number of hydrogen-bond acceptors (Lipinski definition) is 4. The van der Waals surface area contributed by atoms with Gasteiger partial charge in [0.05, 0.1) is 18.2 Å². The van der Waals surface area contributed by atoms with Gasteiger partial charge in [0.25, 0.3) is 0 Å². The maximum atomic E-state index is 5.99. The van der Waals surface area contributed by atoms with Gasteiger partial charge in [-0.1, -0.05) is 48.5 Å². The van der Waals surface area contributed by atoms with Crippen LogP contribution in [0.3, 0.4) is 0 Å².